The van der Waals surface area contributed by atoms with Crippen LogP contribution >= 0.6 is 11.8 Å². The number of pyridine rings is 1. The first-order valence-corrected chi connectivity index (χ1v) is 10.9. The molecule has 3 rings (SSSR count). The Morgan fingerprint density at radius 2 is 1.77 bits per heavy atom. The molecule has 2 aromatic carbocycles. The lowest BCUT2D eigenvalue weighted by molar-refractivity contribution is -0.118. The molecule has 1 heterocycles. The summed E-state index contributed by atoms with van der Waals surface area (Å²) in [5.74, 6) is 1.02. The summed E-state index contributed by atoms with van der Waals surface area (Å²) in [6, 6.07) is 17.3. The molecule has 2 amide bonds. The molecule has 0 spiro atoms. The number of hydrogen-bond acceptors (Lipinski definition) is 5. The van der Waals surface area contributed by atoms with Crippen molar-refractivity contribution >= 4 is 40.2 Å². The molecule has 156 valence electrons. The highest BCUT2D eigenvalue weighted by molar-refractivity contribution is 8.00. The van der Waals surface area contributed by atoms with Crippen molar-refractivity contribution in [2.45, 2.75) is 13.3 Å². The van der Waals surface area contributed by atoms with Crippen molar-refractivity contribution in [3.05, 3.63) is 66.4 Å². The number of nitrogens with zero attached hydrogens (tertiary/aromatic N) is 1. The molecule has 0 radical (unpaired) electrons. The summed E-state index contributed by atoms with van der Waals surface area (Å²) in [7, 11) is 0. The van der Waals surface area contributed by atoms with Crippen molar-refractivity contribution in [2.75, 3.05) is 30.0 Å². The van der Waals surface area contributed by atoms with E-state index in [1.807, 2.05) is 61.5 Å². The van der Waals surface area contributed by atoms with Crippen LogP contribution in [-0.2, 0) is 9.59 Å². The summed E-state index contributed by atoms with van der Waals surface area (Å²) < 4.78 is 5.81. The first kappa shape index (κ1) is 21.6. The average molecular weight is 424 g/mol. The van der Waals surface area contributed by atoms with Crippen LogP contribution in [0.15, 0.2) is 60.8 Å². The number of fused-ring (bicyclic) bond motifs is 1. The number of hydrogen-bond donors (Lipinski definition) is 2. The molecule has 1 aromatic heterocycles. The van der Waals surface area contributed by atoms with Gasteiger partial charge in [-0.2, -0.15) is 0 Å². The number of rotatable bonds is 10. The van der Waals surface area contributed by atoms with E-state index >= 15 is 0 Å². The normalized spacial score (nSPS) is 10.6. The second kappa shape index (κ2) is 11.2. The molecule has 7 heteroatoms. The maximum absolute atomic E-state index is 11.9. The number of amides is 2. The minimum Gasteiger partial charge on any atom is -0.491 e. The van der Waals surface area contributed by atoms with Gasteiger partial charge < -0.3 is 15.4 Å². The molecule has 3 aromatic rings. The lowest BCUT2D eigenvalue weighted by atomic mass is 10.2. The fraction of sp³-hybridized carbons (Fsp3) is 0.261. The number of thioether (sulfide) groups is 1. The van der Waals surface area contributed by atoms with Gasteiger partial charge in [0.1, 0.15) is 11.3 Å². The Labute approximate surface area is 180 Å². The zero-order chi connectivity index (χ0) is 21.2. The van der Waals surface area contributed by atoms with Crippen LogP contribution in [0.5, 0.6) is 5.75 Å². The topological polar surface area (TPSA) is 80.3 Å². The van der Waals surface area contributed by atoms with E-state index in [4.69, 9.17) is 4.74 Å². The molecule has 0 aliphatic carbocycles. The third kappa shape index (κ3) is 6.77. The molecule has 0 saturated carbocycles. The zero-order valence-electron chi connectivity index (χ0n) is 16.9. The van der Waals surface area contributed by atoms with Gasteiger partial charge in [-0.15, -0.1) is 11.8 Å². The van der Waals surface area contributed by atoms with Gasteiger partial charge in [0.25, 0.3) is 0 Å². The number of nitrogens with one attached hydrogen (secondary N) is 2. The maximum atomic E-state index is 11.9. The van der Waals surface area contributed by atoms with Crippen molar-refractivity contribution in [3.8, 4) is 5.75 Å². The first-order chi connectivity index (χ1) is 14.6. The van der Waals surface area contributed by atoms with E-state index in [1.165, 1.54) is 11.8 Å². The highest BCUT2D eigenvalue weighted by Crippen LogP contribution is 2.22. The second-order valence-corrected chi connectivity index (χ2v) is 7.78. The van der Waals surface area contributed by atoms with Crippen LogP contribution in [-0.4, -0.2) is 41.5 Å². The molecular weight excluding hydrogens is 398 g/mol. The van der Waals surface area contributed by atoms with Gasteiger partial charge in [0, 0.05) is 23.8 Å². The third-order valence-electron chi connectivity index (χ3n) is 4.30. The number of carbonyl (C=O) groups is 2. The van der Waals surface area contributed by atoms with E-state index < -0.39 is 0 Å². The fourth-order valence-electron chi connectivity index (χ4n) is 2.80. The Hall–Kier alpha value is -3.06. The predicted molar refractivity (Wildman–Crippen MR) is 122 cm³/mol. The first-order valence-electron chi connectivity index (χ1n) is 9.79. The summed E-state index contributed by atoms with van der Waals surface area (Å²) in [5, 5.41) is 6.70. The van der Waals surface area contributed by atoms with Gasteiger partial charge in [-0.1, -0.05) is 35.9 Å². The van der Waals surface area contributed by atoms with Gasteiger partial charge in [-0.3, -0.25) is 14.6 Å². The van der Waals surface area contributed by atoms with E-state index in [9.17, 15) is 9.59 Å². The molecule has 0 saturated heterocycles. The van der Waals surface area contributed by atoms with E-state index in [0.717, 1.165) is 27.9 Å². The van der Waals surface area contributed by atoms with Crippen LogP contribution in [0.1, 0.15) is 12.0 Å². The van der Waals surface area contributed by atoms with Crippen molar-refractivity contribution in [3.63, 3.8) is 0 Å². The summed E-state index contributed by atoms with van der Waals surface area (Å²) >= 11 is 1.29. The van der Waals surface area contributed by atoms with E-state index in [-0.39, 0.29) is 23.3 Å². The smallest absolute Gasteiger partial charge is 0.234 e. The van der Waals surface area contributed by atoms with Gasteiger partial charge >= 0.3 is 0 Å². The van der Waals surface area contributed by atoms with E-state index in [2.05, 4.69) is 15.6 Å². The van der Waals surface area contributed by atoms with Gasteiger partial charge in [0.2, 0.25) is 11.8 Å². The largest absolute Gasteiger partial charge is 0.491 e. The number of carbonyl (C=O) groups excluding carboxylic acids is 2. The molecule has 0 aliphatic heterocycles. The van der Waals surface area contributed by atoms with E-state index in [0.29, 0.717) is 19.6 Å². The third-order valence-corrected chi connectivity index (χ3v) is 5.23. The Kier molecular flexibility index (Phi) is 8.09. The Morgan fingerprint density at radius 3 is 2.60 bits per heavy atom. The predicted octanol–water partition coefficient (Wildman–Crippen LogP) is 3.80. The van der Waals surface area contributed by atoms with Crippen molar-refractivity contribution in [2.24, 2.45) is 0 Å². The number of ether oxygens (including phenoxy) is 1. The Bertz CT molecular complexity index is 987. The van der Waals surface area contributed by atoms with Crippen LogP contribution in [0.3, 0.4) is 0 Å². The summed E-state index contributed by atoms with van der Waals surface area (Å²) in [5.41, 5.74) is 2.74. The van der Waals surface area contributed by atoms with Crippen LogP contribution in [0.4, 0.5) is 5.69 Å². The van der Waals surface area contributed by atoms with E-state index in [1.54, 1.807) is 6.20 Å². The number of aromatic nitrogens is 1. The number of para-hydroxylation sites is 1. The van der Waals surface area contributed by atoms with Crippen LogP contribution < -0.4 is 15.4 Å². The molecular formula is C23H25N3O3S. The molecule has 6 nitrogen and oxygen atoms in total. The lowest BCUT2D eigenvalue weighted by Gasteiger charge is -2.09. The zero-order valence-corrected chi connectivity index (χ0v) is 17.7. The Balaban J connectivity index is 1.28. The van der Waals surface area contributed by atoms with Crippen LogP contribution in [0, 0.1) is 6.92 Å². The minimum absolute atomic E-state index is 0.0880. The molecule has 0 bridgehead atoms. The molecule has 0 fully saturated rings. The summed E-state index contributed by atoms with van der Waals surface area (Å²) in [6.07, 6.45) is 2.43. The molecule has 0 atom stereocenters. The molecule has 30 heavy (non-hydrogen) atoms. The lowest BCUT2D eigenvalue weighted by Crippen LogP contribution is -2.28. The maximum Gasteiger partial charge on any atom is 0.234 e. The van der Waals surface area contributed by atoms with Gasteiger partial charge in [0.15, 0.2) is 0 Å². The number of aryl methyl sites for hydroxylation is 1. The van der Waals surface area contributed by atoms with Gasteiger partial charge in [-0.05, 0) is 37.6 Å². The fourth-order valence-corrected chi connectivity index (χ4v) is 3.44. The second-order valence-electron chi connectivity index (χ2n) is 6.79. The standard InChI is InChI=1S/C23H25N3O3S/c1-17-8-10-19(11-9-17)26-22(28)16-30-15-21(27)24-13-4-14-29-20-7-2-5-18-6-3-12-25-23(18)20/h2-3,5-12H,4,13-16H2,1H3,(H,24,27)(H,26,28). The van der Waals surface area contributed by atoms with Crippen molar-refractivity contribution in [1.82, 2.24) is 10.3 Å². The monoisotopic (exact) mass is 423 g/mol. The van der Waals surface area contributed by atoms with Gasteiger partial charge in [0.05, 0.1) is 18.1 Å². The highest BCUT2D eigenvalue weighted by Gasteiger charge is 2.06. The number of anilines is 1. The summed E-state index contributed by atoms with van der Waals surface area (Å²) in [6.45, 7) is 3.00. The number of benzene rings is 2. The van der Waals surface area contributed by atoms with Crippen molar-refractivity contribution < 1.29 is 14.3 Å². The molecule has 0 aliphatic rings. The molecule has 2 N–H and O–H groups in total. The van der Waals surface area contributed by atoms with Crippen LogP contribution in [0.2, 0.25) is 0 Å². The van der Waals surface area contributed by atoms with Gasteiger partial charge in [-0.25, -0.2) is 0 Å². The molecule has 0 unspecified atom stereocenters. The quantitative estimate of drug-likeness (QED) is 0.485. The SMILES string of the molecule is Cc1ccc(NC(=O)CSCC(=O)NCCCOc2cccc3cccnc23)cc1. The van der Waals surface area contributed by atoms with Crippen LogP contribution in [0.25, 0.3) is 10.9 Å². The minimum atomic E-state index is -0.117. The van der Waals surface area contributed by atoms with Crippen molar-refractivity contribution in [1.29, 1.82) is 0 Å². The average Bonchev–Trinajstić information content (AvgIpc) is 2.75. The Morgan fingerprint density at radius 1 is 1.00 bits per heavy atom. The highest BCUT2D eigenvalue weighted by atomic mass is 32.2. The summed E-state index contributed by atoms with van der Waals surface area (Å²) in [4.78, 5) is 28.2.